The molecule has 0 spiro atoms. The molecule has 2 unspecified atom stereocenters. The smallest absolute Gasteiger partial charge is 0.290 e. The van der Waals surface area contributed by atoms with Gasteiger partial charge in [0.15, 0.2) is 17.3 Å². The number of para-hydroxylation sites is 3. The molecule has 0 N–H and O–H groups in total. The van der Waals surface area contributed by atoms with E-state index in [0.29, 0.717) is 42.5 Å². The second-order valence-corrected chi connectivity index (χ2v) is 9.25. The first kappa shape index (κ1) is 21.5. The number of ether oxygens (including phenoxy) is 2. The molecule has 0 aliphatic carbocycles. The molecule has 2 aromatic carbocycles. The molecule has 35 heavy (non-hydrogen) atoms. The Labute approximate surface area is 202 Å². The first-order chi connectivity index (χ1) is 17.1. The summed E-state index contributed by atoms with van der Waals surface area (Å²) in [5.74, 6) is 1.79. The van der Waals surface area contributed by atoms with Crippen LogP contribution in [0.25, 0.3) is 11.0 Å². The highest BCUT2D eigenvalue weighted by atomic mass is 16.5. The number of hydrogen-bond donors (Lipinski definition) is 0. The van der Waals surface area contributed by atoms with Crippen LogP contribution in [-0.4, -0.2) is 35.6 Å². The Balaban J connectivity index is 1.32. The lowest BCUT2D eigenvalue weighted by Gasteiger charge is -2.42. The summed E-state index contributed by atoms with van der Waals surface area (Å²) in [7, 11) is 1.60. The Kier molecular flexibility index (Phi) is 5.32. The van der Waals surface area contributed by atoms with Crippen LogP contribution in [0.15, 0.2) is 75.9 Å². The van der Waals surface area contributed by atoms with Crippen molar-refractivity contribution >= 4 is 16.9 Å². The van der Waals surface area contributed by atoms with E-state index in [-0.39, 0.29) is 29.9 Å². The van der Waals surface area contributed by atoms with Gasteiger partial charge in [0.1, 0.15) is 12.2 Å². The number of nitrogens with zero attached hydrogens (tertiary/aromatic N) is 2. The third-order valence-electron chi connectivity index (χ3n) is 7.10. The Bertz CT molecular complexity index is 1470. The number of carbonyl (C=O) groups excluding carboxylic acids is 1. The zero-order chi connectivity index (χ0) is 23.9. The van der Waals surface area contributed by atoms with Gasteiger partial charge in [-0.2, -0.15) is 0 Å². The lowest BCUT2D eigenvalue weighted by molar-refractivity contribution is 0.0562. The van der Waals surface area contributed by atoms with Gasteiger partial charge in [-0.1, -0.05) is 36.4 Å². The summed E-state index contributed by atoms with van der Waals surface area (Å²) in [6.45, 7) is 1.97. The first-order valence-corrected chi connectivity index (χ1v) is 11.9. The molecular weight excluding hydrogens is 444 g/mol. The fraction of sp³-hybridized carbons (Fsp3) is 0.286. The third-order valence-corrected chi connectivity index (χ3v) is 7.10. The molecule has 2 bridgehead atoms. The maximum Gasteiger partial charge on any atom is 0.290 e. The van der Waals surface area contributed by atoms with Crippen LogP contribution >= 0.6 is 0 Å². The lowest BCUT2D eigenvalue weighted by Crippen LogP contribution is -2.49. The predicted molar refractivity (Wildman–Crippen MR) is 131 cm³/mol. The van der Waals surface area contributed by atoms with Crippen molar-refractivity contribution in [2.24, 2.45) is 5.92 Å². The normalized spacial score (nSPS) is 18.8. The molecule has 1 fully saturated rings. The van der Waals surface area contributed by atoms with Crippen molar-refractivity contribution in [3.8, 4) is 11.5 Å². The van der Waals surface area contributed by atoms with E-state index in [0.717, 1.165) is 23.1 Å². The molecule has 1 amide bonds. The van der Waals surface area contributed by atoms with Crippen LogP contribution in [0, 0.1) is 5.92 Å². The maximum absolute atomic E-state index is 13.8. The SMILES string of the molecule is COc1ccccc1OCc1c(C(=O)N2CC3CC(C2)c2cccc(=O)n2C3)oc2ccccc12. The second kappa shape index (κ2) is 8.65. The molecule has 6 rings (SSSR count). The van der Waals surface area contributed by atoms with Gasteiger partial charge in [-0.3, -0.25) is 9.59 Å². The molecule has 178 valence electrons. The van der Waals surface area contributed by atoms with E-state index in [1.807, 2.05) is 70.1 Å². The summed E-state index contributed by atoms with van der Waals surface area (Å²) in [5, 5.41) is 0.861. The number of aromatic nitrogens is 1. The van der Waals surface area contributed by atoms with Crippen LogP contribution in [-0.2, 0) is 13.2 Å². The number of methoxy groups -OCH3 is 1. The number of hydrogen-bond acceptors (Lipinski definition) is 5. The molecule has 7 heteroatoms. The fourth-order valence-electron chi connectivity index (χ4n) is 5.51. The van der Waals surface area contributed by atoms with Crippen molar-refractivity contribution in [3.63, 3.8) is 0 Å². The highest BCUT2D eigenvalue weighted by Gasteiger charge is 2.38. The number of fused-ring (bicyclic) bond motifs is 5. The number of likely N-dealkylation sites (tertiary alicyclic amines) is 1. The number of pyridine rings is 1. The van der Waals surface area contributed by atoms with E-state index in [1.54, 1.807) is 13.2 Å². The number of amides is 1. The summed E-state index contributed by atoms with van der Waals surface area (Å²) in [6.07, 6.45) is 0.983. The molecule has 1 saturated heterocycles. The van der Waals surface area contributed by atoms with Crippen molar-refractivity contribution in [2.75, 3.05) is 20.2 Å². The van der Waals surface area contributed by atoms with Crippen LogP contribution in [0.4, 0.5) is 0 Å². The fourth-order valence-corrected chi connectivity index (χ4v) is 5.51. The number of rotatable bonds is 5. The number of piperidine rings is 1. The van der Waals surface area contributed by atoms with E-state index in [1.165, 1.54) is 0 Å². The molecule has 0 saturated carbocycles. The van der Waals surface area contributed by atoms with Gasteiger partial charge in [0.25, 0.3) is 11.5 Å². The van der Waals surface area contributed by atoms with E-state index in [4.69, 9.17) is 13.9 Å². The predicted octanol–water partition coefficient (Wildman–Crippen LogP) is 4.44. The summed E-state index contributed by atoms with van der Waals surface area (Å²) in [5.41, 5.74) is 2.42. The molecule has 7 nitrogen and oxygen atoms in total. The van der Waals surface area contributed by atoms with Gasteiger partial charge in [0, 0.05) is 48.3 Å². The van der Waals surface area contributed by atoms with E-state index in [2.05, 4.69) is 0 Å². The summed E-state index contributed by atoms with van der Waals surface area (Å²) in [6, 6.07) is 20.5. The molecule has 2 atom stereocenters. The Morgan fingerprint density at radius 3 is 2.63 bits per heavy atom. The van der Waals surface area contributed by atoms with Gasteiger partial charge in [0.05, 0.1) is 7.11 Å². The van der Waals surface area contributed by atoms with Gasteiger partial charge in [-0.05, 0) is 36.6 Å². The first-order valence-electron chi connectivity index (χ1n) is 11.9. The number of furan rings is 1. The molecule has 0 radical (unpaired) electrons. The molecule has 4 aromatic rings. The summed E-state index contributed by atoms with van der Waals surface area (Å²) >= 11 is 0. The van der Waals surface area contributed by atoms with Crippen LogP contribution in [0.2, 0.25) is 0 Å². The third kappa shape index (κ3) is 3.77. The van der Waals surface area contributed by atoms with Gasteiger partial charge in [0.2, 0.25) is 0 Å². The molecule has 2 aromatic heterocycles. The Hall–Kier alpha value is -4.00. The average Bonchev–Trinajstić information content (AvgIpc) is 3.26. The van der Waals surface area contributed by atoms with Crippen molar-refractivity contribution in [1.82, 2.24) is 9.47 Å². The van der Waals surface area contributed by atoms with Crippen molar-refractivity contribution < 1.29 is 18.7 Å². The summed E-state index contributed by atoms with van der Waals surface area (Å²) < 4.78 is 19.5. The number of benzene rings is 2. The highest BCUT2D eigenvalue weighted by molar-refractivity contribution is 5.99. The Morgan fingerprint density at radius 2 is 1.77 bits per heavy atom. The largest absolute Gasteiger partial charge is 0.493 e. The standard InChI is InChI=1S/C28H26N2O5/c1-33-24-10-4-5-11-25(24)34-17-21-20-7-2-3-9-23(20)35-27(21)28(32)29-14-18-13-19(16-29)22-8-6-12-26(31)30(22)15-18/h2-12,18-19H,13-17H2,1H3. The maximum atomic E-state index is 13.8. The minimum atomic E-state index is -0.138. The van der Waals surface area contributed by atoms with E-state index >= 15 is 0 Å². The highest BCUT2D eigenvalue weighted by Crippen LogP contribution is 2.37. The lowest BCUT2D eigenvalue weighted by atomic mass is 9.83. The minimum absolute atomic E-state index is 0.0324. The van der Waals surface area contributed by atoms with Crippen LogP contribution in [0.3, 0.4) is 0 Å². The zero-order valence-electron chi connectivity index (χ0n) is 19.5. The zero-order valence-corrected chi connectivity index (χ0v) is 19.5. The second-order valence-electron chi connectivity index (χ2n) is 9.25. The molecule has 2 aliphatic rings. The van der Waals surface area contributed by atoms with E-state index < -0.39 is 0 Å². The van der Waals surface area contributed by atoms with Gasteiger partial charge >= 0.3 is 0 Å². The quantitative estimate of drug-likeness (QED) is 0.431. The molecule has 4 heterocycles. The van der Waals surface area contributed by atoms with Crippen LogP contribution < -0.4 is 15.0 Å². The molecular formula is C28H26N2O5. The van der Waals surface area contributed by atoms with Crippen LogP contribution in [0.5, 0.6) is 11.5 Å². The van der Waals surface area contributed by atoms with Crippen molar-refractivity contribution in [2.45, 2.75) is 25.5 Å². The van der Waals surface area contributed by atoms with Crippen LogP contribution in [0.1, 0.15) is 34.2 Å². The number of carbonyl (C=O) groups is 1. The monoisotopic (exact) mass is 470 g/mol. The summed E-state index contributed by atoms with van der Waals surface area (Å²) in [4.78, 5) is 28.1. The van der Waals surface area contributed by atoms with E-state index in [9.17, 15) is 9.59 Å². The topological polar surface area (TPSA) is 73.9 Å². The van der Waals surface area contributed by atoms with Gasteiger partial charge < -0.3 is 23.4 Å². The minimum Gasteiger partial charge on any atom is -0.493 e. The molecule has 2 aliphatic heterocycles. The van der Waals surface area contributed by atoms with Crippen molar-refractivity contribution in [3.05, 3.63) is 94.1 Å². The van der Waals surface area contributed by atoms with Crippen molar-refractivity contribution in [1.29, 1.82) is 0 Å². The Morgan fingerprint density at radius 1 is 0.971 bits per heavy atom. The van der Waals surface area contributed by atoms with Gasteiger partial charge in [-0.25, -0.2) is 0 Å². The van der Waals surface area contributed by atoms with Gasteiger partial charge in [-0.15, -0.1) is 0 Å². The average molecular weight is 471 g/mol.